The molecule has 7 nitrogen and oxygen atoms in total. The van der Waals surface area contributed by atoms with Crippen LogP contribution in [0.4, 0.5) is 0 Å². The first-order chi connectivity index (χ1) is 10.0. The van der Waals surface area contributed by atoms with Gasteiger partial charge in [0.05, 0.1) is 13.2 Å². The Morgan fingerprint density at radius 1 is 1.38 bits per heavy atom. The molecular formula is C12H20ClN4O3P. The lowest BCUT2D eigenvalue weighted by atomic mass is 10.3. The summed E-state index contributed by atoms with van der Waals surface area (Å²) in [5, 5.41) is 6.10. The number of halogens is 1. The minimum atomic E-state index is -3.40. The van der Waals surface area contributed by atoms with Gasteiger partial charge in [-0.05, 0) is 25.5 Å². The van der Waals surface area contributed by atoms with Crippen molar-refractivity contribution >= 4 is 25.3 Å². The number of aromatic nitrogens is 1. The van der Waals surface area contributed by atoms with Gasteiger partial charge in [0.25, 0.3) is 0 Å². The van der Waals surface area contributed by atoms with Crippen molar-refractivity contribution in [3.63, 3.8) is 0 Å². The first kappa shape index (κ1) is 17.9. The van der Waals surface area contributed by atoms with Gasteiger partial charge in [0.1, 0.15) is 5.15 Å². The van der Waals surface area contributed by atoms with Gasteiger partial charge in [-0.1, -0.05) is 17.7 Å². The van der Waals surface area contributed by atoms with Crippen molar-refractivity contribution in [1.29, 1.82) is 0 Å². The number of nitrogens with one attached hydrogen (secondary N) is 2. The largest absolute Gasteiger partial charge is 0.434 e. The van der Waals surface area contributed by atoms with Crippen LogP contribution in [0.2, 0.25) is 5.15 Å². The van der Waals surface area contributed by atoms with Crippen molar-refractivity contribution in [2.45, 2.75) is 20.4 Å². The molecule has 0 atom stereocenters. The van der Waals surface area contributed by atoms with E-state index in [4.69, 9.17) is 20.6 Å². The molecular weight excluding hydrogens is 315 g/mol. The van der Waals surface area contributed by atoms with Gasteiger partial charge in [-0.15, -0.1) is 0 Å². The summed E-state index contributed by atoms with van der Waals surface area (Å²) in [7, 11) is -1.83. The summed E-state index contributed by atoms with van der Waals surface area (Å²) >= 11 is 5.72. The van der Waals surface area contributed by atoms with Crippen LogP contribution < -0.4 is 10.4 Å². The van der Waals surface area contributed by atoms with E-state index in [0.29, 0.717) is 17.7 Å². The highest BCUT2D eigenvalue weighted by atomic mass is 35.5. The summed E-state index contributed by atoms with van der Waals surface area (Å²) in [5.41, 5.74) is 0.907. The maximum atomic E-state index is 12.3. The van der Waals surface area contributed by atoms with Crippen LogP contribution in [0.1, 0.15) is 19.4 Å². The van der Waals surface area contributed by atoms with Gasteiger partial charge >= 0.3 is 7.75 Å². The molecule has 1 aromatic rings. The van der Waals surface area contributed by atoms with Gasteiger partial charge in [-0.2, -0.15) is 0 Å². The Balaban J connectivity index is 2.62. The van der Waals surface area contributed by atoms with Gasteiger partial charge < -0.3 is 5.32 Å². The molecule has 0 amide bonds. The average Bonchev–Trinajstić information content (AvgIpc) is 2.45. The maximum absolute atomic E-state index is 12.3. The van der Waals surface area contributed by atoms with E-state index in [1.54, 1.807) is 33.2 Å². The van der Waals surface area contributed by atoms with E-state index in [1.807, 2.05) is 6.07 Å². The molecule has 0 aliphatic carbocycles. The zero-order chi connectivity index (χ0) is 15.7. The summed E-state index contributed by atoms with van der Waals surface area (Å²) in [6.07, 6.45) is 1.65. The Labute approximate surface area is 129 Å². The fourth-order valence-corrected chi connectivity index (χ4v) is 2.87. The molecule has 0 aliphatic rings. The lowest BCUT2D eigenvalue weighted by Gasteiger charge is -2.20. The van der Waals surface area contributed by atoms with Crippen LogP contribution >= 0.6 is 19.3 Å². The number of hydrogen-bond acceptors (Lipinski definition) is 5. The molecule has 0 bridgehead atoms. The SMILES string of the molecule is CCOP(=O)(NC(=NC)NCc1ccc(Cl)nc1)OCC. The van der Waals surface area contributed by atoms with Crippen LogP contribution in [0.5, 0.6) is 0 Å². The molecule has 0 unspecified atom stereocenters. The summed E-state index contributed by atoms with van der Waals surface area (Å²) in [6.45, 7) is 4.46. The van der Waals surface area contributed by atoms with Crippen molar-refractivity contribution in [2.24, 2.45) is 4.99 Å². The average molecular weight is 335 g/mol. The number of pyridine rings is 1. The second kappa shape index (κ2) is 9.00. The van der Waals surface area contributed by atoms with Crippen LogP contribution in [-0.2, 0) is 20.2 Å². The number of rotatable bonds is 7. The van der Waals surface area contributed by atoms with E-state index < -0.39 is 7.75 Å². The molecule has 0 fully saturated rings. The standard InChI is InChI=1S/C12H20ClN4O3P/c1-4-19-21(18,20-5-2)17-12(14-3)16-9-10-6-7-11(13)15-8-10/h6-8H,4-5,9H2,1-3H3,(H2,14,16,17,18). The van der Waals surface area contributed by atoms with E-state index in [2.05, 4.69) is 20.4 Å². The van der Waals surface area contributed by atoms with Crippen LogP contribution in [0, 0.1) is 0 Å². The maximum Gasteiger partial charge on any atom is 0.434 e. The predicted molar refractivity (Wildman–Crippen MR) is 83.4 cm³/mol. The summed E-state index contributed by atoms with van der Waals surface area (Å²) in [6, 6.07) is 3.53. The Kier molecular flexibility index (Phi) is 7.67. The van der Waals surface area contributed by atoms with E-state index in [0.717, 1.165) is 5.56 Å². The van der Waals surface area contributed by atoms with Crippen LogP contribution in [0.25, 0.3) is 0 Å². The fraction of sp³-hybridized carbons (Fsp3) is 0.500. The molecule has 0 spiro atoms. The summed E-state index contributed by atoms with van der Waals surface area (Å²) in [5.74, 6) is 0.315. The van der Waals surface area contributed by atoms with Crippen molar-refractivity contribution < 1.29 is 13.6 Å². The van der Waals surface area contributed by atoms with E-state index in [-0.39, 0.29) is 13.2 Å². The third kappa shape index (κ3) is 6.44. The van der Waals surface area contributed by atoms with Crippen molar-refractivity contribution in [3.05, 3.63) is 29.0 Å². The zero-order valence-electron chi connectivity index (χ0n) is 12.3. The molecule has 2 N–H and O–H groups in total. The number of guanidine groups is 1. The van der Waals surface area contributed by atoms with Gasteiger partial charge in [-0.3, -0.25) is 19.1 Å². The minimum absolute atomic E-state index is 0.266. The van der Waals surface area contributed by atoms with Gasteiger partial charge in [0.15, 0.2) is 5.96 Å². The first-order valence-electron chi connectivity index (χ1n) is 6.51. The Hall–Kier alpha value is -1.14. The topological polar surface area (TPSA) is 84.8 Å². The molecule has 118 valence electrons. The zero-order valence-corrected chi connectivity index (χ0v) is 13.9. The Morgan fingerprint density at radius 3 is 2.52 bits per heavy atom. The van der Waals surface area contributed by atoms with Crippen molar-refractivity contribution in [2.75, 3.05) is 20.3 Å². The quantitative estimate of drug-likeness (QED) is 0.345. The molecule has 0 aromatic carbocycles. The highest BCUT2D eigenvalue weighted by Crippen LogP contribution is 2.43. The number of hydrogen-bond donors (Lipinski definition) is 2. The monoisotopic (exact) mass is 334 g/mol. The number of nitrogens with zero attached hydrogens (tertiary/aromatic N) is 2. The fourth-order valence-electron chi connectivity index (χ4n) is 1.44. The third-order valence-electron chi connectivity index (χ3n) is 2.31. The summed E-state index contributed by atoms with van der Waals surface area (Å²) < 4.78 is 22.6. The number of aliphatic imine (C=N–C) groups is 1. The third-order valence-corrected chi connectivity index (χ3v) is 4.22. The molecule has 0 saturated heterocycles. The summed E-state index contributed by atoms with van der Waals surface area (Å²) in [4.78, 5) is 7.96. The van der Waals surface area contributed by atoms with E-state index >= 15 is 0 Å². The molecule has 21 heavy (non-hydrogen) atoms. The molecule has 1 rings (SSSR count). The van der Waals surface area contributed by atoms with Gasteiger partial charge in [0, 0.05) is 19.8 Å². The Morgan fingerprint density at radius 2 is 2.05 bits per heavy atom. The highest BCUT2D eigenvalue weighted by Gasteiger charge is 2.25. The highest BCUT2D eigenvalue weighted by molar-refractivity contribution is 7.52. The minimum Gasteiger partial charge on any atom is -0.352 e. The smallest absolute Gasteiger partial charge is 0.352 e. The van der Waals surface area contributed by atoms with Crippen molar-refractivity contribution in [1.82, 2.24) is 15.4 Å². The van der Waals surface area contributed by atoms with E-state index in [9.17, 15) is 4.57 Å². The molecule has 0 saturated carbocycles. The predicted octanol–water partition coefficient (Wildman–Crippen LogP) is 2.58. The van der Waals surface area contributed by atoms with Crippen LogP contribution in [0.3, 0.4) is 0 Å². The van der Waals surface area contributed by atoms with Crippen LogP contribution in [0.15, 0.2) is 23.3 Å². The molecule has 1 heterocycles. The van der Waals surface area contributed by atoms with Gasteiger partial charge in [0.2, 0.25) is 0 Å². The van der Waals surface area contributed by atoms with Crippen molar-refractivity contribution in [3.8, 4) is 0 Å². The molecule has 0 aliphatic heterocycles. The van der Waals surface area contributed by atoms with E-state index in [1.165, 1.54) is 0 Å². The van der Waals surface area contributed by atoms with Gasteiger partial charge in [-0.25, -0.2) is 9.55 Å². The second-order valence-corrected chi connectivity index (χ2v) is 5.98. The first-order valence-corrected chi connectivity index (χ1v) is 8.43. The molecule has 9 heteroatoms. The molecule has 1 aromatic heterocycles. The van der Waals surface area contributed by atoms with Crippen LogP contribution in [-0.4, -0.2) is 31.2 Å². The second-order valence-electron chi connectivity index (χ2n) is 3.86. The normalized spacial score (nSPS) is 12.3. The molecule has 0 radical (unpaired) electrons. The Bertz CT molecular complexity index is 500. The lowest BCUT2D eigenvalue weighted by Crippen LogP contribution is -2.35. The lowest BCUT2D eigenvalue weighted by molar-refractivity contribution is 0.216.